The highest BCUT2D eigenvalue weighted by Gasteiger charge is 2.30. The first kappa shape index (κ1) is 14.4. The number of aromatic carboxylic acids is 1. The Hall–Kier alpha value is -2.02. The average Bonchev–Trinajstić information content (AvgIpc) is 2.39. The predicted molar refractivity (Wildman–Crippen MR) is 66.8 cm³/mol. The molecular weight excluding hydrogens is 291 g/mol. The summed E-state index contributed by atoms with van der Waals surface area (Å²) in [5.74, 6) is -1.03. The highest BCUT2D eigenvalue weighted by atomic mass is 32.2. The van der Waals surface area contributed by atoms with Crippen LogP contribution in [0.3, 0.4) is 0 Å². The van der Waals surface area contributed by atoms with Gasteiger partial charge in [0.15, 0.2) is 0 Å². The molecule has 0 amide bonds. The monoisotopic (exact) mass is 299 g/mol. The van der Waals surface area contributed by atoms with Gasteiger partial charge in [0, 0.05) is 11.1 Å². The Bertz CT molecular complexity index is 609. The lowest BCUT2D eigenvalue weighted by molar-refractivity contribution is -0.137. The van der Waals surface area contributed by atoms with Crippen molar-refractivity contribution >= 4 is 17.7 Å². The zero-order chi connectivity index (χ0) is 14.8. The third-order valence-electron chi connectivity index (χ3n) is 2.39. The van der Waals surface area contributed by atoms with Crippen LogP contribution >= 0.6 is 11.8 Å². The highest BCUT2D eigenvalue weighted by Crippen LogP contribution is 2.31. The van der Waals surface area contributed by atoms with Crippen LogP contribution in [0.1, 0.15) is 15.9 Å². The average molecular weight is 299 g/mol. The van der Waals surface area contributed by atoms with Gasteiger partial charge < -0.3 is 5.11 Å². The Morgan fingerprint density at radius 1 is 1.10 bits per heavy atom. The van der Waals surface area contributed by atoms with Crippen molar-refractivity contribution in [2.75, 3.05) is 0 Å². The second-order valence-corrected chi connectivity index (χ2v) is 4.91. The second kappa shape index (κ2) is 5.54. The van der Waals surface area contributed by atoms with Gasteiger partial charge in [-0.15, -0.1) is 0 Å². The maximum Gasteiger partial charge on any atom is 0.417 e. The summed E-state index contributed by atoms with van der Waals surface area (Å²) in [5.41, 5.74) is -0.655. The maximum atomic E-state index is 12.4. The number of aromatic nitrogens is 1. The Balaban J connectivity index is 2.12. The minimum Gasteiger partial charge on any atom is -0.478 e. The number of carbonyl (C=O) groups is 1. The molecule has 1 aromatic heterocycles. The molecule has 0 aliphatic heterocycles. The van der Waals surface area contributed by atoms with Gasteiger partial charge >= 0.3 is 12.1 Å². The molecule has 0 radical (unpaired) electrons. The molecule has 1 N–H and O–H groups in total. The molecule has 104 valence electrons. The molecule has 0 bridgehead atoms. The summed E-state index contributed by atoms with van der Waals surface area (Å²) >= 11 is 1.16. The molecule has 0 unspecified atom stereocenters. The first-order valence-corrected chi connectivity index (χ1v) is 6.22. The van der Waals surface area contributed by atoms with Gasteiger partial charge in [-0.1, -0.05) is 11.8 Å². The molecule has 1 heterocycles. The number of alkyl halides is 3. The summed E-state index contributed by atoms with van der Waals surface area (Å²) in [4.78, 5) is 15.1. The van der Waals surface area contributed by atoms with Gasteiger partial charge in [-0.05, 0) is 36.4 Å². The fraction of sp³-hybridized carbons (Fsp3) is 0.0769. The Morgan fingerprint density at radius 3 is 2.20 bits per heavy atom. The number of carboxylic acids is 1. The minimum absolute atomic E-state index is 0.148. The van der Waals surface area contributed by atoms with E-state index in [1.54, 1.807) is 12.1 Å². The van der Waals surface area contributed by atoms with Crippen molar-refractivity contribution in [2.24, 2.45) is 0 Å². The van der Waals surface area contributed by atoms with Crippen LogP contribution in [0, 0.1) is 0 Å². The largest absolute Gasteiger partial charge is 0.478 e. The smallest absolute Gasteiger partial charge is 0.417 e. The zero-order valence-corrected chi connectivity index (χ0v) is 10.7. The Labute approximate surface area is 116 Å². The highest BCUT2D eigenvalue weighted by molar-refractivity contribution is 7.99. The number of pyridine rings is 1. The van der Waals surface area contributed by atoms with E-state index >= 15 is 0 Å². The third-order valence-corrected chi connectivity index (χ3v) is 3.35. The predicted octanol–water partition coefficient (Wildman–Crippen LogP) is 3.95. The first-order valence-electron chi connectivity index (χ1n) is 5.41. The molecule has 1 aromatic carbocycles. The van der Waals surface area contributed by atoms with E-state index in [0.29, 0.717) is 9.92 Å². The van der Waals surface area contributed by atoms with Gasteiger partial charge in [-0.3, -0.25) is 0 Å². The lowest BCUT2D eigenvalue weighted by Gasteiger charge is -2.06. The molecule has 0 fully saturated rings. The van der Waals surface area contributed by atoms with Crippen molar-refractivity contribution in [3.63, 3.8) is 0 Å². The summed E-state index contributed by atoms with van der Waals surface area (Å²) < 4.78 is 37.1. The molecule has 2 rings (SSSR count). The number of carboxylic acid groups (broad SMARTS) is 1. The minimum atomic E-state index is -4.40. The molecule has 0 spiro atoms. The molecule has 2 aromatic rings. The summed E-state index contributed by atoms with van der Waals surface area (Å²) in [7, 11) is 0. The molecule has 0 saturated heterocycles. The van der Waals surface area contributed by atoms with E-state index in [0.717, 1.165) is 24.0 Å². The van der Waals surface area contributed by atoms with Gasteiger partial charge in [0.25, 0.3) is 0 Å². The van der Waals surface area contributed by atoms with Gasteiger partial charge in [0.05, 0.1) is 11.1 Å². The van der Waals surface area contributed by atoms with Crippen LogP contribution in [0.4, 0.5) is 13.2 Å². The molecular formula is C13H8F3NO2S. The Kier molecular flexibility index (Phi) is 3.99. The van der Waals surface area contributed by atoms with Crippen LogP contribution in [0.25, 0.3) is 0 Å². The first-order chi connectivity index (χ1) is 9.36. The van der Waals surface area contributed by atoms with Crippen molar-refractivity contribution in [3.05, 3.63) is 53.7 Å². The summed E-state index contributed by atoms with van der Waals surface area (Å²) in [6.07, 6.45) is -3.63. The van der Waals surface area contributed by atoms with E-state index in [2.05, 4.69) is 4.98 Å². The quantitative estimate of drug-likeness (QED) is 0.932. The topological polar surface area (TPSA) is 50.2 Å². The maximum absolute atomic E-state index is 12.4. The fourth-order valence-corrected chi connectivity index (χ4v) is 2.15. The van der Waals surface area contributed by atoms with Crippen LogP contribution in [0.15, 0.2) is 52.5 Å². The van der Waals surface area contributed by atoms with E-state index in [1.165, 1.54) is 18.2 Å². The van der Waals surface area contributed by atoms with E-state index in [4.69, 9.17) is 5.11 Å². The lowest BCUT2D eigenvalue weighted by atomic mass is 10.2. The van der Waals surface area contributed by atoms with Crippen molar-refractivity contribution < 1.29 is 23.1 Å². The SMILES string of the molecule is O=C(O)c1ccc(Sc2ccc(C(F)(F)F)cn2)cc1. The number of rotatable bonds is 3. The molecule has 0 aliphatic rings. The van der Waals surface area contributed by atoms with Crippen molar-refractivity contribution in [1.29, 1.82) is 0 Å². The number of benzene rings is 1. The molecule has 3 nitrogen and oxygen atoms in total. The van der Waals surface area contributed by atoms with Gasteiger partial charge in [0.2, 0.25) is 0 Å². The van der Waals surface area contributed by atoms with E-state index < -0.39 is 17.7 Å². The van der Waals surface area contributed by atoms with Crippen LogP contribution in [-0.2, 0) is 6.18 Å². The van der Waals surface area contributed by atoms with Gasteiger partial charge in [-0.2, -0.15) is 13.2 Å². The Morgan fingerprint density at radius 2 is 1.75 bits per heavy atom. The van der Waals surface area contributed by atoms with Crippen molar-refractivity contribution in [2.45, 2.75) is 16.1 Å². The summed E-state index contributed by atoms with van der Waals surface area (Å²) in [6.45, 7) is 0. The van der Waals surface area contributed by atoms with Crippen LogP contribution in [0.5, 0.6) is 0 Å². The molecule has 0 aliphatic carbocycles. The van der Waals surface area contributed by atoms with Crippen molar-refractivity contribution in [1.82, 2.24) is 4.98 Å². The standard InChI is InChI=1S/C13H8F3NO2S/c14-13(15,16)9-3-6-11(17-7-9)20-10-4-1-8(2-5-10)12(18)19/h1-7H,(H,18,19). The normalized spacial score (nSPS) is 11.3. The summed E-state index contributed by atoms with van der Waals surface area (Å²) in [6, 6.07) is 8.24. The lowest BCUT2D eigenvalue weighted by Crippen LogP contribution is -2.04. The van der Waals surface area contributed by atoms with Crippen LogP contribution < -0.4 is 0 Å². The van der Waals surface area contributed by atoms with Gasteiger partial charge in [0.1, 0.15) is 5.03 Å². The molecule has 7 heteroatoms. The van der Waals surface area contributed by atoms with Gasteiger partial charge in [-0.25, -0.2) is 9.78 Å². The third kappa shape index (κ3) is 3.51. The number of nitrogens with zero attached hydrogens (tertiary/aromatic N) is 1. The van der Waals surface area contributed by atoms with E-state index in [9.17, 15) is 18.0 Å². The summed E-state index contributed by atoms with van der Waals surface area (Å²) in [5, 5.41) is 9.15. The fourth-order valence-electron chi connectivity index (χ4n) is 1.39. The van der Waals surface area contributed by atoms with E-state index in [1.807, 2.05) is 0 Å². The molecule has 20 heavy (non-hydrogen) atoms. The second-order valence-electron chi connectivity index (χ2n) is 3.81. The molecule has 0 atom stereocenters. The number of halogens is 3. The van der Waals surface area contributed by atoms with Crippen molar-refractivity contribution in [3.8, 4) is 0 Å². The van der Waals surface area contributed by atoms with Crippen LogP contribution in [-0.4, -0.2) is 16.1 Å². The number of hydrogen-bond acceptors (Lipinski definition) is 3. The number of hydrogen-bond donors (Lipinski definition) is 1. The van der Waals surface area contributed by atoms with Crippen LogP contribution in [0.2, 0.25) is 0 Å². The zero-order valence-electron chi connectivity index (χ0n) is 9.89. The molecule has 0 saturated carbocycles. The van der Waals surface area contributed by atoms with E-state index in [-0.39, 0.29) is 5.56 Å².